The SMILES string of the molecule is CN(C)[C@@H]1C(=O)C(C(N)=O)=C(O)[C@@]2(O)C(=O)C3=C(O)c4c(O)ccc([N+](=O)[O-])c4C[C@H]3C[C@@H]12.O=CNNc1nc(-c2ccc([N+](=O)[O-])o2)cs1. The van der Waals surface area contributed by atoms with Gasteiger partial charge in [0.2, 0.25) is 17.3 Å². The number of fused-ring (bicyclic) bond motifs is 3. The van der Waals surface area contributed by atoms with Gasteiger partial charge < -0.3 is 30.6 Å². The number of rotatable bonds is 8. The first-order valence-electron chi connectivity index (χ1n) is 14.3. The highest BCUT2D eigenvalue weighted by atomic mass is 32.1. The molecule has 262 valence electrons. The van der Waals surface area contributed by atoms with Crippen molar-refractivity contribution >= 4 is 57.7 Å². The third-order valence-electron chi connectivity index (χ3n) is 8.54. The second-order valence-corrected chi connectivity index (χ2v) is 12.4. The summed E-state index contributed by atoms with van der Waals surface area (Å²) in [6.07, 6.45) is 0.191. The van der Waals surface area contributed by atoms with Crippen molar-refractivity contribution in [3.63, 3.8) is 0 Å². The number of hydrazine groups is 1. The lowest BCUT2D eigenvalue weighted by atomic mass is 9.57. The Bertz CT molecular complexity index is 2030. The second kappa shape index (κ2) is 13.0. The lowest BCUT2D eigenvalue weighted by molar-refractivity contribution is -0.401. The Morgan fingerprint density at radius 3 is 2.44 bits per heavy atom. The van der Waals surface area contributed by atoms with Crippen molar-refractivity contribution in [3.05, 3.63) is 77.9 Å². The molecular formula is C29H27N7O13S. The Hall–Kier alpha value is -6.19. The molecule has 2 aromatic heterocycles. The van der Waals surface area contributed by atoms with Crippen molar-refractivity contribution in [3.8, 4) is 17.2 Å². The van der Waals surface area contributed by atoms with Gasteiger partial charge in [0.1, 0.15) is 33.5 Å². The first-order chi connectivity index (χ1) is 23.5. The van der Waals surface area contributed by atoms with Gasteiger partial charge in [0.25, 0.3) is 11.6 Å². The Balaban J connectivity index is 0.000000240. The van der Waals surface area contributed by atoms with Crippen LogP contribution < -0.4 is 16.6 Å². The molecule has 1 saturated carbocycles. The van der Waals surface area contributed by atoms with Gasteiger partial charge in [-0.05, 0) is 45.0 Å². The van der Waals surface area contributed by atoms with Crippen LogP contribution in [-0.2, 0) is 25.6 Å². The number of benzene rings is 1. The number of phenolic OH excluding ortho intramolecular Hbond substituents is 1. The number of likely N-dealkylation sites (N-methyl/N-ethyl adjacent to an activating group) is 1. The van der Waals surface area contributed by atoms with E-state index >= 15 is 0 Å². The maximum atomic E-state index is 13.6. The number of aliphatic hydroxyl groups excluding tert-OH is 2. The molecule has 0 spiro atoms. The zero-order valence-corrected chi connectivity index (χ0v) is 26.7. The number of phenols is 1. The van der Waals surface area contributed by atoms with Gasteiger partial charge in [0.15, 0.2) is 17.1 Å². The second-order valence-electron chi connectivity index (χ2n) is 11.5. The van der Waals surface area contributed by atoms with Crippen molar-refractivity contribution in [1.82, 2.24) is 15.3 Å². The summed E-state index contributed by atoms with van der Waals surface area (Å²) in [5.74, 6) is -8.00. The molecule has 2 heterocycles. The highest BCUT2D eigenvalue weighted by molar-refractivity contribution is 7.14. The number of nitrogens with two attached hydrogens (primary N) is 1. The van der Waals surface area contributed by atoms with Gasteiger partial charge in [-0.25, -0.2) is 4.98 Å². The van der Waals surface area contributed by atoms with E-state index in [0.717, 1.165) is 12.1 Å². The number of hydrogen-bond acceptors (Lipinski definition) is 17. The van der Waals surface area contributed by atoms with Crippen LogP contribution in [-0.4, -0.2) is 89.8 Å². The number of hydrogen-bond donors (Lipinski definition) is 7. The van der Waals surface area contributed by atoms with Gasteiger partial charge in [0, 0.05) is 28.5 Å². The van der Waals surface area contributed by atoms with Crippen molar-refractivity contribution < 1.29 is 53.9 Å². The van der Waals surface area contributed by atoms with Gasteiger partial charge in [-0.3, -0.25) is 55.2 Å². The molecule has 3 aliphatic carbocycles. The summed E-state index contributed by atoms with van der Waals surface area (Å²) in [5, 5.41) is 67.3. The Morgan fingerprint density at radius 2 is 1.86 bits per heavy atom. The van der Waals surface area contributed by atoms with Crippen LogP contribution in [0.4, 0.5) is 16.7 Å². The van der Waals surface area contributed by atoms with Crippen LogP contribution in [0.1, 0.15) is 17.5 Å². The Labute approximate surface area is 283 Å². The average molecular weight is 714 g/mol. The van der Waals surface area contributed by atoms with Crippen LogP contribution in [0.15, 0.2) is 51.0 Å². The largest absolute Gasteiger partial charge is 0.508 e. The van der Waals surface area contributed by atoms with E-state index in [9.17, 15) is 59.8 Å². The summed E-state index contributed by atoms with van der Waals surface area (Å²) >= 11 is 1.23. The lowest BCUT2D eigenvalue weighted by Crippen LogP contribution is -2.65. The van der Waals surface area contributed by atoms with E-state index < -0.39 is 73.6 Å². The quantitative estimate of drug-likeness (QED) is 0.0747. The number of nitrogens with one attached hydrogen (secondary N) is 2. The zero-order chi connectivity index (χ0) is 36.8. The van der Waals surface area contributed by atoms with Crippen molar-refractivity contribution in [1.29, 1.82) is 0 Å². The molecule has 6 rings (SSSR count). The number of carbonyl (C=O) groups is 4. The maximum absolute atomic E-state index is 13.6. The topological polar surface area (TPSA) is 315 Å². The summed E-state index contributed by atoms with van der Waals surface area (Å²) in [6.45, 7) is 0. The van der Waals surface area contributed by atoms with Crippen molar-refractivity contribution in [2.45, 2.75) is 24.5 Å². The van der Waals surface area contributed by atoms with Gasteiger partial charge >= 0.3 is 5.88 Å². The number of Topliss-reactive ketones (excluding diaryl/α,β-unsaturated/α-hetero) is 2. The fourth-order valence-electron chi connectivity index (χ4n) is 6.50. The number of nitro groups is 2. The normalized spacial score (nSPS) is 22.5. The van der Waals surface area contributed by atoms with Crippen LogP contribution in [0.25, 0.3) is 17.2 Å². The molecule has 3 aromatic rings. The molecule has 3 aliphatic rings. The van der Waals surface area contributed by atoms with Crippen molar-refractivity contribution in [2.24, 2.45) is 17.6 Å². The van der Waals surface area contributed by atoms with E-state index in [0.29, 0.717) is 23.0 Å². The third-order valence-corrected chi connectivity index (χ3v) is 9.30. The number of amides is 2. The van der Waals surface area contributed by atoms with Gasteiger partial charge in [0.05, 0.1) is 22.6 Å². The summed E-state index contributed by atoms with van der Waals surface area (Å²) in [4.78, 5) is 74.5. The number of ketones is 2. The molecule has 1 fully saturated rings. The Morgan fingerprint density at radius 1 is 1.16 bits per heavy atom. The van der Waals surface area contributed by atoms with Crippen LogP contribution in [0, 0.1) is 32.1 Å². The van der Waals surface area contributed by atoms with E-state index in [1.807, 2.05) is 0 Å². The summed E-state index contributed by atoms with van der Waals surface area (Å²) < 4.78 is 4.98. The third kappa shape index (κ3) is 5.67. The number of anilines is 1. The first kappa shape index (κ1) is 35.1. The van der Waals surface area contributed by atoms with E-state index in [1.165, 1.54) is 42.5 Å². The number of furan rings is 1. The fraction of sp³-hybridized carbons (Fsp3) is 0.276. The van der Waals surface area contributed by atoms with Gasteiger partial charge in [-0.1, -0.05) is 0 Å². The van der Waals surface area contributed by atoms with Crippen LogP contribution in [0.5, 0.6) is 5.75 Å². The highest BCUT2D eigenvalue weighted by Gasteiger charge is 2.64. The monoisotopic (exact) mass is 713 g/mol. The Kier molecular flexibility index (Phi) is 9.15. The number of aromatic nitrogens is 1. The highest BCUT2D eigenvalue weighted by Crippen LogP contribution is 2.53. The van der Waals surface area contributed by atoms with Gasteiger partial charge in [-0.2, -0.15) is 0 Å². The number of aliphatic hydroxyl groups is 3. The molecule has 0 radical (unpaired) electrons. The molecule has 1 aromatic carbocycles. The van der Waals surface area contributed by atoms with E-state index in [-0.39, 0.29) is 41.1 Å². The molecule has 0 bridgehead atoms. The maximum Gasteiger partial charge on any atom is 0.433 e. The summed E-state index contributed by atoms with van der Waals surface area (Å²) in [6, 6.07) is 3.58. The average Bonchev–Trinajstić information content (AvgIpc) is 3.72. The summed E-state index contributed by atoms with van der Waals surface area (Å²) in [7, 11) is 2.96. The number of thiazole rings is 1. The molecule has 20 nitrogen and oxygen atoms in total. The molecule has 2 amide bonds. The summed E-state index contributed by atoms with van der Waals surface area (Å²) in [5.41, 5.74) is 5.76. The number of nitro benzene ring substituents is 1. The standard InChI is InChI=1S/C21H21N3O9.C8H6N4O4S/c1-23(2)15-9-6-7-5-8-10(24(32)33)3-4-11(25)13(8)16(26)12(7)18(28)21(9,31)19(29)14(17(15)27)20(22)30;13-4-9-11-8-10-5(3-17-8)6-1-2-7(16-6)12(14)15/h3-4,7,9,15,25-26,29,31H,5-6H2,1-2H3,(H2,22,30);1-4H,(H,9,13)(H,10,11)/t7-,9-,15-,21-;/m0./s1. The molecule has 50 heavy (non-hydrogen) atoms. The lowest BCUT2D eigenvalue weighted by Gasteiger charge is -2.50. The van der Waals surface area contributed by atoms with Crippen LogP contribution in [0.3, 0.4) is 0 Å². The molecular weight excluding hydrogens is 686 g/mol. The van der Waals surface area contributed by atoms with E-state index in [2.05, 4.69) is 15.8 Å². The number of aromatic hydroxyl groups is 1. The number of primary amides is 1. The van der Waals surface area contributed by atoms with Crippen LogP contribution >= 0.6 is 11.3 Å². The van der Waals surface area contributed by atoms with E-state index in [4.69, 9.17) is 10.2 Å². The number of carbonyl (C=O) groups excluding carboxylic acids is 4. The number of nitrogens with zero attached hydrogens (tertiary/aromatic N) is 4. The zero-order valence-electron chi connectivity index (χ0n) is 25.8. The molecule has 8 N–H and O–H groups in total. The minimum Gasteiger partial charge on any atom is -0.508 e. The minimum absolute atomic E-state index is 0.00520. The molecule has 4 atom stereocenters. The molecule has 0 unspecified atom stereocenters. The fourth-order valence-corrected chi connectivity index (χ4v) is 7.16. The predicted octanol–water partition coefficient (Wildman–Crippen LogP) is 1.26. The van der Waals surface area contributed by atoms with Crippen LogP contribution in [0.2, 0.25) is 0 Å². The van der Waals surface area contributed by atoms with Crippen molar-refractivity contribution in [2.75, 3.05) is 19.5 Å². The molecule has 0 aliphatic heterocycles. The van der Waals surface area contributed by atoms with E-state index in [1.54, 1.807) is 5.38 Å². The molecule has 0 saturated heterocycles. The smallest absolute Gasteiger partial charge is 0.433 e. The minimum atomic E-state index is -2.75. The van der Waals surface area contributed by atoms with Gasteiger partial charge in [-0.15, -0.1) is 11.3 Å². The predicted molar refractivity (Wildman–Crippen MR) is 170 cm³/mol. The molecule has 21 heteroatoms. The first-order valence-corrected chi connectivity index (χ1v) is 15.2.